The van der Waals surface area contributed by atoms with Crippen LogP contribution in [0.4, 0.5) is 24.5 Å². The highest BCUT2D eigenvalue weighted by atomic mass is 32.2. The van der Waals surface area contributed by atoms with Crippen LogP contribution in [0.15, 0.2) is 66.7 Å². The molecule has 0 heterocycles. The van der Waals surface area contributed by atoms with Gasteiger partial charge in [-0.1, -0.05) is 30.3 Å². The fraction of sp³-hybridized carbons (Fsp3) is 0.208. The second-order valence-electron chi connectivity index (χ2n) is 7.73. The van der Waals surface area contributed by atoms with Crippen LogP contribution in [0, 0.1) is 13.8 Å². The monoisotopic (exact) mass is 476 g/mol. The number of nitrogens with zero attached hydrogens (tertiary/aromatic N) is 1. The van der Waals surface area contributed by atoms with Gasteiger partial charge in [0.1, 0.15) is 0 Å². The van der Waals surface area contributed by atoms with Crippen molar-refractivity contribution in [2.45, 2.75) is 26.6 Å². The molecule has 0 aliphatic heterocycles. The van der Waals surface area contributed by atoms with Crippen molar-refractivity contribution in [3.63, 3.8) is 0 Å². The summed E-state index contributed by atoms with van der Waals surface area (Å²) in [4.78, 5) is 12.5. The van der Waals surface area contributed by atoms with Crippen LogP contribution in [0.3, 0.4) is 0 Å². The first kappa shape index (κ1) is 24.3. The van der Waals surface area contributed by atoms with Crippen molar-refractivity contribution >= 4 is 27.3 Å². The molecule has 1 amide bonds. The number of sulfonamides is 1. The molecule has 5 nitrogen and oxygen atoms in total. The van der Waals surface area contributed by atoms with Gasteiger partial charge >= 0.3 is 6.18 Å². The molecule has 0 saturated heterocycles. The molecule has 0 radical (unpaired) electrons. The van der Waals surface area contributed by atoms with Gasteiger partial charge in [-0.15, -0.1) is 0 Å². The Labute approximate surface area is 190 Å². The van der Waals surface area contributed by atoms with Crippen molar-refractivity contribution in [1.29, 1.82) is 0 Å². The lowest BCUT2D eigenvalue weighted by atomic mass is 10.1. The molecule has 0 fully saturated rings. The first-order valence-electron chi connectivity index (χ1n) is 9.98. The zero-order valence-electron chi connectivity index (χ0n) is 18.3. The minimum Gasteiger partial charge on any atom is -0.321 e. The van der Waals surface area contributed by atoms with Crippen LogP contribution in [0.5, 0.6) is 0 Å². The van der Waals surface area contributed by atoms with Gasteiger partial charge in [0.2, 0.25) is 10.0 Å². The van der Waals surface area contributed by atoms with Gasteiger partial charge < -0.3 is 5.32 Å². The summed E-state index contributed by atoms with van der Waals surface area (Å²) in [7, 11) is -3.58. The number of aryl methyl sites for hydroxylation is 2. The average Bonchev–Trinajstić information content (AvgIpc) is 2.73. The first-order chi connectivity index (χ1) is 15.4. The van der Waals surface area contributed by atoms with Crippen LogP contribution < -0.4 is 9.62 Å². The fourth-order valence-electron chi connectivity index (χ4n) is 3.24. The van der Waals surface area contributed by atoms with E-state index in [4.69, 9.17) is 0 Å². The molecule has 0 atom stereocenters. The Balaban J connectivity index is 1.81. The van der Waals surface area contributed by atoms with Crippen molar-refractivity contribution in [3.8, 4) is 0 Å². The molecule has 1 N–H and O–H groups in total. The number of amides is 1. The Kier molecular flexibility index (Phi) is 6.83. The normalized spacial score (nSPS) is 11.8. The van der Waals surface area contributed by atoms with E-state index in [2.05, 4.69) is 5.32 Å². The molecule has 9 heteroatoms. The van der Waals surface area contributed by atoms with E-state index < -0.39 is 27.7 Å². The highest BCUT2D eigenvalue weighted by molar-refractivity contribution is 7.92. The predicted octanol–water partition coefficient (Wildman–Crippen LogP) is 5.54. The van der Waals surface area contributed by atoms with E-state index in [1.54, 1.807) is 24.3 Å². The molecule has 3 rings (SSSR count). The number of benzene rings is 3. The van der Waals surface area contributed by atoms with E-state index in [-0.39, 0.29) is 17.8 Å². The van der Waals surface area contributed by atoms with Crippen molar-refractivity contribution < 1.29 is 26.4 Å². The molecule has 33 heavy (non-hydrogen) atoms. The summed E-state index contributed by atoms with van der Waals surface area (Å²) >= 11 is 0. The minimum atomic E-state index is -4.60. The quantitative estimate of drug-likeness (QED) is 0.508. The van der Waals surface area contributed by atoms with Crippen LogP contribution in [0.1, 0.15) is 32.6 Å². The standard InChI is InChI=1S/C24H23F3N2O3S/c1-16-8-13-20(14-17(16)2)29(33(3,31)32)15-18-9-11-19(12-10-18)23(30)28-22-7-5-4-6-21(22)24(25,26)27/h4-14H,15H2,1-3H3,(H,28,30). The van der Waals surface area contributed by atoms with Crippen LogP contribution in [-0.4, -0.2) is 20.6 Å². The zero-order valence-corrected chi connectivity index (χ0v) is 19.1. The Morgan fingerprint density at radius 2 is 1.58 bits per heavy atom. The number of alkyl halides is 3. The highest BCUT2D eigenvalue weighted by Crippen LogP contribution is 2.34. The van der Waals surface area contributed by atoms with Crippen molar-refractivity contribution in [3.05, 3.63) is 94.5 Å². The molecule has 0 unspecified atom stereocenters. The number of anilines is 2. The molecule has 174 valence electrons. The lowest BCUT2D eigenvalue weighted by Crippen LogP contribution is -2.29. The third kappa shape index (κ3) is 5.92. The first-order valence-corrected chi connectivity index (χ1v) is 11.8. The summed E-state index contributed by atoms with van der Waals surface area (Å²) in [6, 6.07) is 16.1. The van der Waals surface area contributed by atoms with E-state index in [0.29, 0.717) is 11.3 Å². The number of nitrogens with one attached hydrogen (secondary N) is 1. The Hall–Kier alpha value is -3.33. The number of carbonyl (C=O) groups excluding carboxylic acids is 1. The molecule has 0 aliphatic carbocycles. The maximum absolute atomic E-state index is 13.2. The highest BCUT2D eigenvalue weighted by Gasteiger charge is 2.33. The minimum absolute atomic E-state index is 0.0418. The summed E-state index contributed by atoms with van der Waals surface area (Å²) in [6.07, 6.45) is -3.49. The summed E-state index contributed by atoms with van der Waals surface area (Å²) in [6.45, 7) is 3.87. The van der Waals surface area contributed by atoms with Crippen molar-refractivity contribution in [2.24, 2.45) is 0 Å². The molecule has 0 aromatic heterocycles. The molecule has 0 spiro atoms. The maximum atomic E-state index is 13.2. The smallest absolute Gasteiger partial charge is 0.321 e. The fourth-order valence-corrected chi connectivity index (χ4v) is 4.12. The average molecular weight is 477 g/mol. The van der Waals surface area contributed by atoms with Crippen molar-refractivity contribution in [2.75, 3.05) is 15.9 Å². The van der Waals surface area contributed by atoms with Crippen LogP contribution >= 0.6 is 0 Å². The Morgan fingerprint density at radius 3 is 2.15 bits per heavy atom. The Morgan fingerprint density at radius 1 is 0.939 bits per heavy atom. The summed E-state index contributed by atoms with van der Waals surface area (Å²) in [5, 5.41) is 2.29. The van der Waals surface area contributed by atoms with Gasteiger partial charge in [-0.2, -0.15) is 13.2 Å². The molecular weight excluding hydrogens is 453 g/mol. The molecule has 3 aromatic carbocycles. The number of halogens is 3. The second-order valence-corrected chi connectivity index (χ2v) is 9.64. The van der Waals surface area contributed by atoms with Gasteiger partial charge in [-0.25, -0.2) is 8.42 Å². The van der Waals surface area contributed by atoms with E-state index in [1.807, 2.05) is 19.9 Å². The summed E-state index contributed by atoms with van der Waals surface area (Å²) in [5.74, 6) is -0.702. The predicted molar refractivity (Wildman–Crippen MR) is 123 cm³/mol. The van der Waals surface area contributed by atoms with E-state index in [1.165, 1.54) is 34.6 Å². The Bertz CT molecular complexity index is 1270. The lowest BCUT2D eigenvalue weighted by molar-refractivity contribution is -0.136. The number of carbonyl (C=O) groups is 1. The SMILES string of the molecule is Cc1ccc(N(Cc2ccc(C(=O)Nc3ccccc3C(F)(F)F)cc2)S(C)(=O)=O)cc1C. The lowest BCUT2D eigenvalue weighted by Gasteiger charge is -2.23. The molecule has 3 aromatic rings. The van der Waals surface area contributed by atoms with E-state index >= 15 is 0 Å². The van der Waals surface area contributed by atoms with Gasteiger partial charge in [0.15, 0.2) is 0 Å². The second kappa shape index (κ2) is 9.27. The van der Waals surface area contributed by atoms with Crippen LogP contribution in [0.25, 0.3) is 0 Å². The largest absolute Gasteiger partial charge is 0.418 e. The van der Waals surface area contributed by atoms with Crippen LogP contribution in [0.2, 0.25) is 0 Å². The topological polar surface area (TPSA) is 66.5 Å². The molecule has 0 aliphatic rings. The third-order valence-corrected chi connectivity index (χ3v) is 6.34. The van der Waals surface area contributed by atoms with Gasteiger partial charge in [0, 0.05) is 5.56 Å². The van der Waals surface area contributed by atoms with E-state index in [0.717, 1.165) is 23.4 Å². The number of hydrogen-bond acceptors (Lipinski definition) is 3. The van der Waals surface area contributed by atoms with Gasteiger partial charge in [0.05, 0.1) is 29.7 Å². The number of para-hydroxylation sites is 1. The number of hydrogen-bond donors (Lipinski definition) is 1. The third-order valence-electron chi connectivity index (χ3n) is 5.20. The summed E-state index contributed by atoms with van der Waals surface area (Å²) in [5.41, 5.74) is 2.00. The number of rotatable bonds is 6. The van der Waals surface area contributed by atoms with Gasteiger partial charge in [-0.05, 0) is 66.9 Å². The van der Waals surface area contributed by atoms with Crippen molar-refractivity contribution in [1.82, 2.24) is 0 Å². The van der Waals surface area contributed by atoms with Gasteiger partial charge in [-0.3, -0.25) is 9.10 Å². The summed E-state index contributed by atoms with van der Waals surface area (Å²) < 4.78 is 65.5. The van der Waals surface area contributed by atoms with Gasteiger partial charge in [0.25, 0.3) is 5.91 Å². The molecule has 0 bridgehead atoms. The molecular formula is C24H23F3N2O3S. The van der Waals surface area contributed by atoms with Crippen LogP contribution in [-0.2, 0) is 22.7 Å². The zero-order chi connectivity index (χ0) is 24.4. The van der Waals surface area contributed by atoms with E-state index in [9.17, 15) is 26.4 Å². The molecule has 0 saturated carbocycles. The maximum Gasteiger partial charge on any atom is 0.418 e.